The molecule has 1 heterocycles. The van der Waals surface area contributed by atoms with E-state index < -0.39 is 36.0 Å². The number of hydrogen-bond acceptors (Lipinski definition) is 5. The molecule has 0 aliphatic carbocycles. The van der Waals surface area contributed by atoms with Crippen molar-refractivity contribution in [1.82, 2.24) is 20.6 Å². The van der Waals surface area contributed by atoms with E-state index in [-0.39, 0.29) is 6.42 Å². The molecule has 128 valence electrons. The van der Waals surface area contributed by atoms with E-state index in [2.05, 4.69) is 20.0 Å². The fourth-order valence-corrected chi connectivity index (χ4v) is 1.59. The minimum atomic E-state index is -5.10. The fourth-order valence-electron chi connectivity index (χ4n) is 1.59. The normalized spacial score (nSPS) is 13.8. The number of aromatic nitrogens is 2. The highest BCUT2D eigenvalue weighted by Crippen LogP contribution is 2.14. The summed E-state index contributed by atoms with van der Waals surface area (Å²) >= 11 is 0. The predicted molar refractivity (Wildman–Crippen MR) is 69.9 cm³/mol. The van der Waals surface area contributed by atoms with Crippen molar-refractivity contribution in [2.45, 2.75) is 31.6 Å². The topological polar surface area (TPSA) is 113 Å². The van der Waals surface area contributed by atoms with Gasteiger partial charge in [0.25, 0.3) is 0 Å². The maximum Gasteiger partial charge on any atom is 0.471 e. The zero-order chi connectivity index (χ0) is 17.6. The number of carbonyl (C=O) groups is 3. The lowest BCUT2D eigenvalue weighted by atomic mass is 10.1. The minimum Gasteiger partial charge on any atom is -0.467 e. The highest BCUT2D eigenvalue weighted by Gasteiger charge is 2.40. The average molecular weight is 336 g/mol. The van der Waals surface area contributed by atoms with E-state index in [1.807, 2.05) is 0 Å². The summed E-state index contributed by atoms with van der Waals surface area (Å²) in [5.74, 6) is -4.00. The molecule has 3 N–H and O–H groups in total. The number of hydrogen-bond donors (Lipinski definition) is 3. The average Bonchev–Trinajstić information content (AvgIpc) is 2.97. The van der Waals surface area contributed by atoms with Crippen LogP contribution in [0.2, 0.25) is 0 Å². The molecule has 0 aromatic carbocycles. The molecular weight excluding hydrogens is 321 g/mol. The van der Waals surface area contributed by atoms with Crippen LogP contribution < -0.4 is 10.6 Å². The second kappa shape index (κ2) is 7.61. The molecule has 0 saturated heterocycles. The molecule has 0 aliphatic rings. The van der Waals surface area contributed by atoms with E-state index in [9.17, 15) is 27.6 Å². The summed E-state index contributed by atoms with van der Waals surface area (Å²) in [4.78, 5) is 40.7. The lowest BCUT2D eigenvalue weighted by Gasteiger charge is -2.20. The van der Waals surface area contributed by atoms with Gasteiger partial charge in [-0.15, -0.1) is 0 Å². The maximum absolute atomic E-state index is 12.1. The third-order valence-electron chi connectivity index (χ3n) is 2.78. The highest BCUT2D eigenvalue weighted by molar-refractivity contribution is 5.91. The Morgan fingerprint density at radius 2 is 2.00 bits per heavy atom. The van der Waals surface area contributed by atoms with E-state index in [1.54, 1.807) is 0 Å². The molecule has 0 bridgehead atoms. The Bertz CT molecular complexity index is 559. The lowest BCUT2D eigenvalue weighted by molar-refractivity contribution is -0.174. The largest absolute Gasteiger partial charge is 0.471 e. The zero-order valence-electron chi connectivity index (χ0n) is 12.2. The minimum absolute atomic E-state index is 0.00164. The summed E-state index contributed by atoms with van der Waals surface area (Å²) in [5.41, 5.74) is 0.507. The molecule has 0 fully saturated rings. The number of alkyl halides is 3. The van der Waals surface area contributed by atoms with Gasteiger partial charge >= 0.3 is 18.1 Å². The van der Waals surface area contributed by atoms with Crippen molar-refractivity contribution in [3.8, 4) is 0 Å². The number of methoxy groups -OCH3 is 1. The first-order valence-corrected chi connectivity index (χ1v) is 6.38. The molecule has 1 rings (SSSR count). The monoisotopic (exact) mass is 336 g/mol. The van der Waals surface area contributed by atoms with Crippen LogP contribution in [0.5, 0.6) is 0 Å². The standard InChI is InChI=1S/C12H15F3N4O4/c1-6(18-11(22)12(13,14)15)9(20)19-8(10(21)23-2)3-7-4-16-5-17-7/h4-6,8H,3H2,1-2H3,(H,16,17)(H,18,22)(H,19,20)/t6-,8-/m0/s1. The second-order valence-electron chi connectivity index (χ2n) is 4.56. The van der Waals surface area contributed by atoms with Gasteiger partial charge in [0.2, 0.25) is 5.91 Å². The molecule has 8 nitrogen and oxygen atoms in total. The number of esters is 1. The Morgan fingerprint density at radius 3 is 2.48 bits per heavy atom. The molecule has 0 unspecified atom stereocenters. The van der Waals surface area contributed by atoms with Gasteiger partial charge in [0.05, 0.1) is 13.4 Å². The van der Waals surface area contributed by atoms with E-state index in [4.69, 9.17) is 0 Å². The Kier molecular flexibility index (Phi) is 6.10. The second-order valence-corrected chi connectivity index (χ2v) is 4.56. The number of nitrogens with zero attached hydrogens (tertiary/aromatic N) is 1. The van der Waals surface area contributed by atoms with Gasteiger partial charge in [-0.05, 0) is 6.92 Å². The first kappa shape index (κ1) is 18.5. The first-order valence-electron chi connectivity index (χ1n) is 6.38. The number of imidazole rings is 1. The van der Waals surface area contributed by atoms with Crippen molar-refractivity contribution >= 4 is 17.8 Å². The lowest BCUT2D eigenvalue weighted by Crippen LogP contribution is -2.53. The number of halogens is 3. The van der Waals surface area contributed by atoms with Gasteiger partial charge < -0.3 is 20.4 Å². The van der Waals surface area contributed by atoms with E-state index in [0.29, 0.717) is 5.69 Å². The fraction of sp³-hybridized carbons (Fsp3) is 0.500. The molecular formula is C12H15F3N4O4. The summed E-state index contributed by atoms with van der Waals surface area (Å²) in [5, 5.41) is 3.71. The third kappa shape index (κ3) is 5.60. The molecule has 2 atom stereocenters. The predicted octanol–water partition coefficient (Wildman–Crippen LogP) is -0.323. The highest BCUT2D eigenvalue weighted by atomic mass is 19.4. The van der Waals surface area contributed by atoms with Crippen LogP contribution in [0.1, 0.15) is 12.6 Å². The third-order valence-corrected chi connectivity index (χ3v) is 2.78. The van der Waals surface area contributed by atoms with Crippen LogP contribution in [0.25, 0.3) is 0 Å². The maximum atomic E-state index is 12.1. The molecule has 0 aliphatic heterocycles. The van der Waals surface area contributed by atoms with Gasteiger partial charge in [-0.25, -0.2) is 9.78 Å². The van der Waals surface area contributed by atoms with Crippen molar-refractivity contribution in [3.05, 3.63) is 18.2 Å². The van der Waals surface area contributed by atoms with Crippen LogP contribution >= 0.6 is 0 Å². The Hall–Kier alpha value is -2.59. The van der Waals surface area contributed by atoms with Gasteiger partial charge in [0.15, 0.2) is 0 Å². The number of nitrogens with one attached hydrogen (secondary N) is 3. The number of ether oxygens (including phenoxy) is 1. The summed E-state index contributed by atoms with van der Waals surface area (Å²) < 4.78 is 40.9. The smallest absolute Gasteiger partial charge is 0.467 e. The van der Waals surface area contributed by atoms with Gasteiger partial charge in [0, 0.05) is 18.3 Å². The first-order chi connectivity index (χ1) is 10.6. The quantitative estimate of drug-likeness (QED) is 0.616. The van der Waals surface area contributed by atoms with Crippen LogP contribution in [0.3, 0.4) is 0 Å². The van der Waals surface area contributed by atoms with Crippen LogP contribution in [-0.2, 0) is 25.5 Å². The number of aromatic amines is 1. The number of carbonyl (C=O) groups excluding carboxylic acids is 3. The molecule has 11 heteroatoms. The van der Waals surface area contributed by atoms with Crippen molar-refractivity contribution in [3.63, 3.8) is 0 Å². The summed E-state index contributed by atoms with van der Waals surface area (Å²) in [6, 6.07) is -2.63. The van der Waals surface area contributed by atoms with Crippen LogP contribution in [0.4, 0.5) is 13.2 Å². The van der Waals surface area contributed by atoms with Gasteiger partial charge in [0.1, 0.15) is 12.1 Å². The Balaban J connectivity index is 2.69. The van der Waals surface area contributed by atoms with Crippen LogP contribution in [0.15, 0.2) is 12.5 Å². The van der Waals surface area contributed by atoms with E-state index in [1.165, 1.54) is 17.8 Å². The summed E-state index contributed by atoms with van der Waals surface area (Å²) in [6.07, 6.45) is -2.33. The Morgan fingerprint density at radius 1 is 1.35 bits per heavy atom. The van der Waals surface area contributed by atoms with Crippen molar-refractivity contribution in [2.75, 3.05) is 7.11 Å². The van der Waals surface area contributed by atoms with Crippen LogP contribution in [-0.4, -0.2) is 53.1 Å². The molecule has 1 aromatic heterocycles. The molecule has 0 spiro atoms. The SMILES string of the molecule is COC(=O)[C@H](Cc1cnc[nH]1)NC(=O)[C@H](C)NC(=O)C(F)(F)F. The zero-order valence-corrected chi connectivity index (χ0v) is 12.2. The summed E-state index contributed by atoms with van der Waals surface area (Å²) in [7, 11) is 1.10. The van der Waals surface area contributed by atoms with Gasteiger partial charge in [-0.3, -0.25) is 9.59 Å². The molecule has 0 radical (unpaired) electrons. The molecule has 1 aromatic rings. The van der Waals surface area contributed by atoms with Gasteiger partial charge in [-0.2, -0.15) is 13.2 Å². The molecule has 2 amide bonds. The number of amides is 2. The summed E-state index contributed by atoms with van der Waals surface area (Å²) in [6.45, 7) is 1.06. The van der Waals surface area contributed by atoms with Crippen molar-refractivity contribution in [1.29, 1.82) is 0 Å². The number of rotatable bonds is 6. The van der Waals surface area contributed by atoms with E-state index >= 15 is 0 Å². The van der Waals surface area contributed by atoms with Crippen LogP contribution in [0, 0.1) is 0 Å². The van der Waals surface area contributed by atoms with Crippen molar-refractivity contribution < 1.29 is 32.3 Å². The van der Waals surface area contributed by atoms with Gasteiger partial charge in [-0.1, -0.05) is 0 Å². The Labute approximate surface area is 128 Å². The molecule has 0 saturated carbocycles. The van der Waals surface area contributed by atoms with Crippen molar-refractivity contribution in [2.24, 2.45) is 0 Å². The van der Waals surface area contributed by atoms with E-state index in [0.717, 1.165) is 14.0 Å². The molecule has 23 heavy (non-hydrogen) atoms. The number of H-pyrrole nitrogens is 1.